The second kappa shape index (κ2) is 12.4. The summed E-state index contributed by atoms with van der Waals surface area (Å²) in [5, 5.41) is 1.71. The zero-order chi connectivity index (χ0) is 30.8. The molecule has 0 fully saturated rings. The lowest BCUT2D eigenvalue weighted by Crippen LogP contribution is -2.48. The van der Waals surface area contributed by atoms with E-state index in [2.05, 4.69) is 15.9 Å². The Morgan fingerprint density at radius 2 is 1.62 bits per heavy atom. The van der Waals surface area contributed by atoms with Gasteiger partial charge in [-0.15, -0.1) is 0 Å². The van der Waals surface area contributed by atoms with Crippen LogP contribution in [0, 0.1) is 0 Å². The van der Waals surface area contributed by atoms with Crippen molar-refractivity contribution in [3.63, 3.8) is 0 Å². The normalized spacial score (nSPS) is 14.5. The quantitative estimate of drug-likeness (QED) is 0.304. The zero-order valence-electron chi connectivity index (χ0n) is 20.2. The van der Waals surface area contributed by atoms with Crippen molar-refractivity contribution >= 4 is 45.2 Å². The standard InChI is InChI=1S/C24H18BrClF10N2O2/c1-11(21(40)38(2)10-22(28,29)30)37-20(39)16-4-3-12(7-18(16)24(34,35)36)19(27)9-17(23(31,32)33)13-5-14(25)8-15(26)6-13/h3-9,11,17H,10H2,1-2H3,(H,37,39)/b19-9-. The summed E-state index contributed by atoms with van der Waals surface area (Å²) in [6.07, 6.45) is -15.1. The number of carbonyl (C=O) groups is 2. The van der Waals surface area contributed by atoms with E-state index in [1.807, 2.05) is 5.32 Å². The highest BCUT2D eigenvalue weighted by Gasteiger charge is 2.41. The number of likely N-dealkylation sites (N-methyl/N-ethyl adjacent to an activating group) is 1. The number of rotatable bonds is 7. The molecule has 0 aliphatic carbocycles. The third-order valence-electron chi connectivity index (χ3n) is 5.27. The van der Waals surface area contributed by atoms with Gasteiger partial charge in [0.1, 0.15) is 24.3 Å². The molecule has 0 aromatic heterocycles. The number of nitrogens with zero attached hydrogens (tertiary/aromatic N) is 1. The summed E-state index contributed by atoms with van der Waals surface area (Å²) in [4.78, 5) is 24.8. The Morgan fingerprint density at radius 3 is 2.12 bits per heavy atom. The Balaban J connectivity index is 2.45. The van der Waals surface area contributed by atoms with Crippen LogP contribution < -0.4 is 5.32 Å². The van der Waals surface area contributed by atoms with Gasteiger partial charge in [0.15, 0.2) is 0 Å². The molecule has 4 nitrogen and oxygen atoms in total. The Kier molecular flexibility index (Phi) is 10.3. The molecule has 0 heterocycles. The van der Waals surface area contributed by atoms with E-state index in [0.29, 0.717) is 12.1 Å². The maximum atomic E-state index is 14.9. The van der Waals surface area contributed by atoms with Gasteiger partial charge < -0.3 is 10.2 Å². The first kappa shape index (κ1) is 33.4. The van der Waals surface area contributed by atoms with Crippen molar-refractivity contribution in [3.05, 3.63) is 74.2 Å². The Bertz CT molecular complexity index is 1270. The van der Waals surface area contributed by atoms with E-state index in [1.54, 1.807) is 0 Å². The first-order chi connectivity index (χ1) is 18.1. The van der Waals surface area contributed by atoms with Gasteiger partial charge in [-0.3, -0.25) is 9.59 Å². The molecule has 0 saturated heterocycles. The third-order valence-corrected chi connectivity index (χ3v) is 5.94. The highest BCUT2D eigenvalue weighted by Crippen LogP contribution is 2.41. The Morgan fingerprint density at radius 1 is 1.02 bits per heavy atom. The van der Waals surface area contributed by atoms with E-state index in [4.69, 9.17) is 11.6 Å². The molecule has 40 heavy (non-hydrogen) atoms. The van der Waals surface area contributed by atoms with Crippen LogP contribution in [-0.2, 0) is 11.0 Å². The molecular formula is C24H18BrClF10N2O2. The van der Waals surface area contributed by atoms with Gasteiger partial charge in [-0.25, -0.2) is 4.39 Å². The van der Waals surface area contributed by atoms with Crippen LogP contribution in [0.15, 0.2) is 46.9 Å². The van der Waals surface area contributed by atoms with Crippen molar-refractivity contribution in [2.75, 3.05) is 13.6 Å². The van der Waals surface area contributed by atoms with Gasteiger partial charge in [0, 0.05) is 22.1 Å². The van der Waals surface area contributed by atoms with E-state index in [0.717, 1.165) is 26.1 Å². The van der Waals surface area contributed by atoms with Crippen molar-refractivity contribution in [1.82, 2.24) is 10.2 Å². The van der Waals surface area contributed by atoms with E-state index in [9.17, 15) is 53.5 Å². The Hall–Kier alpha value is -2.81. The SMILES string of the molecule is CC(NC(=O)c1ccc(/C(F)=C/C(c2cc(Cl)cc(Br)c2)C(F)(F)F)cc1C(F)(F)F)C(=O)N(C)CC(F)(F)F. The minimum atomic E-state index is -5.31. The van der Waals surface area contributed by atoms with E-state index in [-0.39, 0.29) is 26.5 Å². The van der Waals surface area contributed by atoms with Crippen LogP contribution in [0.3, 0.4) is 0 Å². The second-order valence-electron chi connectivity index (χ2n) is 8.50. The van der Waals surface area contributed by atoms with Gasteiger partial charge in [0.2, 0.25) is 5.91 Å². The van der Waals surface area contributed by atoms with E-state index < -0.39 is 76.9 Å². The van der Waals surface area contributed by atoms with Crippen LogP contribution in [0.1, 0.15) is 39.9 Å². The molecule has 0 saturated carbocycles. The molecule has 2 rings (SSSR count). The van der Waals surface area contributed by atoms with Crippen LogP contribution in [0.2, 0.25) is 5.02 Å². The molecule has 0 aliphatic heterocycles. The summed E-state index contributed by atoms with van der Waals surface area (Å²) < 4.78 is 135. The number of halogens is 12. The summed E-state index contributed by atoms with van der Waals surface area (Å²) in [5.74, 6) is -7.12. The van der Waals surface area contributed by atoms with Crippen LogP contribution in [-0.4, -0.2) is 48.7 Å². The lowest BCUT2D eigenvalue weighted by Gasteiger charge is -2.23. The van der Waals surface area contributed by atoms with Gasteiger partial charge in [0.05, 0.1) is 11.1 Å². The number of allylic oxidation sites excluding steroid dienone is 1. The summed E-state index contributed by atoms with van der Waals surface area (Å²) in [6.45, 7) is -0.756. The lowest BCUT2D eigenvalue weighted by atomic mass is 9.95. The summed E-state index contributed by atoms with van der Waals surface area (Å²) in [6, 6.07) is 2.65. The molecule has 2 aromatic rings. The number of carbonyl (C=O) groups excluding carboxylic acids is 2. The fraction of sp³-hybridized carbons (Fsp3) is 0.333. The fourth-order valence-electron chi connectivity index (χ4n) is 3.52. The highest BCUT2D eigenvalue weighted by atomic mass is 79.9. The first-order valence-electron chi connectivity index (χ1n) is 10.8. The van der Waals surface area contributed by atoms with Crippen LogP contribution >= 0.6 is 27.5 Å². The predicted octanol–water partition coefficient (Wildman–Crippen LogP) is 7.92. The molecule has 2 unspecified atom stereocenters. The van der Waals surface area contributed by atoms with Crippen molar-refractivity contribution in [2.45, 2.75) is 37.4 Å². The summed E-state index contributed by atoms with van der Waals surface area (Å²) in [7, 11) is 0.764. The minimum Gasteiger partial charge on any atom is -0.341 e. The van der Waals surface area contributed by atoms with Crippen LogP contribution in [0.4, 0.5) is 43.9 Å². The monoisotopic (exact) mass is 670 g/mol. The number of hydrogen-bond acceptors (Lipinski definition) is 2. The lowest BCUT2D eigenvalue weighted by molar-refractivity contribution is -0.159. The summed E-state index contributed by atoms with van der Waals surface area (Å²) >= 11 is 8.72. The largest absolute Gasteiger partial charge is 0.417 e. The zero-order valence-corrected chi connectivity index (χ0v) is 22.5. The molecule has 0 radical (unpaired) electrons. The van der Waals surface area contributed by atoms with Gasteiger partial charge in [-0.1, -0.05) is 33.6 Å². The number of hydrogen-bond donors (Lipinski definition) is 1. The van der Waals surface area contributed by atoms with Crippen LogP contribution in [0.5, 0.6) is 0 Å². The molecule has 220 valence electrons. The van der Waals surface area contributed by atoms with Crippen molar-refractivity contribution in [3.8, 4) is 0 Å². The molecule has 0 spiro atoms. The first-order valence-corrected chi connectivity index (χ1v) is 12.0. The van der Waals surface area contributed by atoms with Gasteiger partial charge in [0.25, 0.3) is 5.91 Å². The molecule has 2 atom stereocenters. The summed E-state index contributed by atoms with van der Waals surface area (Å²) in [5.41, 5.74) is -4.37. The van der Waals surface area contributed by atoms with Gasteiger partial charge in [-0.05, 0) is 48.9 Å². The van der Waals surface area contributed by atoms with Crippen LogP contribution in [0.25, 0.3) is 5.83 Å². The fourth-order valence-corrected chi connectivity index (χ4v) is 4.40. The molecule has 2 aromatic carbocycles. The van der Waals surface area contributed by atoms with E-state index in [1.165, 1.54) is 6.07 Å². The number of alkyl halides is 9. The second-order valence-corrected chi connectivity index (χ2v) is 9.85. The smallest absolute Gasteiger partial charge is 0.341 e. The van der Waals surface area contributed by atoms with Gasteiger partial charge >= 0.3 is 18.5 Å². The highest BCUT2D eigenvalue weighted by molar-refractivity contribution is 9.10. The van der Waals surface area contributed by atoms with Crippen molar-refractivity contribution < 1.29 is 53.5 Å². The molecular weight excluding hydrogens is 654 g/mol. The molecule has 2 amide bonds. The Labute approximate surface area is 234 Å². The van der Waals surface area contributed by atoms with Crippen molar-refractivity contribution in [1.29, 1.82) is 0 Å². The molecule has 16 heteroatoms. The number of nitrogens with one attached hydrogen (secondary N) is 1. The average molecular weight is 672 g/mol. The average Bonchev–Trinajstić information content (AvgIpc) is 2.78. The number of benzene rings is 2. The maximum absolute atomic E-state index is 14.9. The minimum absolute atomic E-state index is 0.0462. The topological polar surface area (TPSA) is 49.4 Å². The van der Waals surface area contributed by atoms with Gasteiger partial charge in [-0.2, -0.15) is 39.5 Å². The number of amides is 2. The molecule has 0 aliphatic rings. The predicted molar refractivity (Wildman–Crippen MR) is 129 cm³/mol. The molecule has 1 N–H and O–H groups in total. The van der Waals surface area contributed by atoms with Crippen molar-refractivity contribution in [2.24, 2.45) is 0 Å². The third kappa shape index (κ3) is 9.11. The molecule has 0 bridgehead atoms. The van der Waals surface area contributed by atoms with E-state index >= 15 is 0 Å². The maximum Gasteiger partial charge on any atom is 0.417 e.